The average molecular weight is 408 g/mol. The molecule has 1 fully saturated rings. The number of likely N-dealkylation sites (tertiary alicyclic amines) is 1. The minimum Gasteiger partial charge on any atom is -0.497 e. The van der Waals surface area contributed by atoms with E-state index in [-0.39, 0.29) is 17.6 Å². The molecule has 1 saturated heterocycles. The Bertz CT molecular complexity index is 880. The predicted octanol–water partition coefficient (Wildman–Crippen LogP) is 2.81. The van der Waals surface area contributed by atoms with Crippen molar-refractivity contribution in [3.63, 3.8) is 0 Å². The van der Waals surface area contributed by atoms with Crippen molar-refractivity contribution < 1.29 is 14.3 Å². The zero-order valence-corrected chi connectivity index (χ0v) is 17.4. The quantitative estimate of drug-likeness (QED) is 0.765. The Hall–Kier alpha value is -1.80. The van der Waals surface area contributed by atoms with Gasteiger partial charge >= 0.3 is 0 Å². The summed E-state index contributed by atoms with van der Waals surface area (Å²) >= 11 is 2.81. The number of fused-ring (bicyclic) bond motifs is 1. The summed E-state index contributed by atoms with van der Waals surface area (Å²) in [4.78, 5) is 31.3. The minimum atomic E-state index is -0.210. The number of rotatable bonds is 5. The van der Waals surface area contributed by atoms with Crippen LogP contribution in [0.15, 0.2) is 23.2 Å². The van der Waals surface area contributed by atoms with Gasteiger partial charge in [0.1, 0.15) is 5.75 Å². The van der Waals surface area contributed by atoms with E-state index in [0.717, 1.165) is 41.9 Å². The lowest BCUT2D eigenvalue weighted by Gasteiger charge is -2.19. The largest absolute Gasteiger partial charge is 0.497 e. The number of methoxy groups -OCH3 is 1. The van der Waals surface area contributed by atoms with Gasteiger partial charge in [-0.15, -0.1) is 11.8 Å². The highest BCUT2D eigenvalue weighted by atomic mass is 32.2. The Kier molecular flexibility index (Phi) is 6.95. The summed E-state index contributed by atoms with van der Waals surface area (Å²) in [6.07, 6.45) is 4.56. The number of aryl methyl sites for hydroxylation is 1. The van der Waals surface area contributed by atoms with Crippen LogP contribution in [0.4, 0.5) is 0 Å². The van der Waals surface area contributed by atoms with Crippen LogP contribution in [0.25, 0.3) is 10.2 Å². The monoisotopic (exact) mass is 407 g/mol. The molecule has 0 N–H and O–H groups in total. The third-order valence-electron chi connectivity index (χ3n) is 4.65. The van der Waals surface area contributed by atoms with Gasteiger partial charge in [0.25, 0.3) is 5.91 Å². The summed E-state index contributed by atoms with van der Waals surface area (Å²) < 4.78 is 8.17. The van der Waals surface area contributed by atoms with Crippen LogP contribution in [0.2, 0.25) is 0 Å². The normalized spacial score (nSPS) is 15.8. The van der Waals surface area contributed by atoms with Crippen LogP contribution in [0.1, 0.15) is 25.7 Å². The first-order valence-electron chi connectivity index (χ1n) is 9.15. The van der Waals surface area contributed by atoms with Gasteiger partial charge in [0.15, 0.2) is 4.80 Å². The van der Waals surface area contributed by atoms with E-state index in [0.29, 0.717) is 10.6 Å². The van der Waals surface area contributed by atoms with E-state index in [1.165, 1.54) is 35.9 Å². The smallest absolute Gasteiger partial charge is 0.258 e. The zero-order chi connectivity index (χ0) is 19.2. The number of benzene rings is 1. The van der Waals surface area contributed by atoms with Gasteiger partial charge in [-0.2, -0.15) is 4.99 Å². The fourth-order valence-corrected chi connectivity index (χ4v) is 4.89. The maximum atomic E-state index is 12.3. The molecular formula is C19H25N3O3S2. The molecule has 146 valence electrons. The highest BCUT2D eigenvalue weighted by Crippen LogP contribution is 2.22. The molecular weight excluding hydrogens is 382 g/mol. The lowest BCUT2D eigenvalue weighted by molar-refractivity contribution is -0.128. The second-order valence-corrected chi connectivity index (χ2v) is 8.57. The number of aromatic nitrogens is 1. The number of thiazole rings is 1. The lowest BCUT2D eigenvalue weighted by Crippen LogP contribution is -2.33. The molecule has 1 aliphatic heterocycles. The SMILES string of the molecule is COc1ccc2c(c1)sc(=NC(=O)CSCC(=O)N1CCCCCC1)n2C. The minimum absolute atomic E-state index is 0.134. The van der Waals surface area contributed by atoms with E-state index in [4.69, 9.17) is 4.74 Å². The van der Waals surface area contributed by atoms with E-state index in [1.54, 1.807) is 7.11 Å². The summed E-state index contributed by atoms with van der Waals surface area (Å²) in [6.45, 7) is 1.69. The molecule has 0 saturated carbocycles. The van der Waals surface area contributed by atoms with Crippen molar-refractivity contribution in [1.82, 2.24) is 9.47 Å². The van der Waals surface area contributed by atoms with Crippen molar-refractivity contribution in [3.8, 4) is 5.75 Å². The summed E-state index contributed by atoms with van der Waals surface area (Å²) in [5.74, 6) is 1.27. The van der Waals surface area contributed by atoms with E-state index in [2.05, 4.69) is 4.99 Å². The molecule has 0 atom stereocenters. The maximum absolute atomic E-state index is 12.3. The van der Waals surface area contributed by atoms with Gasteiger partial charge < -0.3 is 14.2 Å². The van der Waals surface area contributed by atoms with Gasteiger partial charge in [0, 0.05) is 20.1 Å². The lowest BCUT2D eigenvalue weighted by atomic mass is 10.2. The number of thioether (sulfide) groups is 1. The van der Waals surface area contributed by atoms with Crippen LogP contribution in [0.3, 0.4) is 0 Å². The van der Waals surface area contributed by atoms with Crippen molar-refractivity contribution in [1.29, 1.82) is 0 Å². The summed E-state index contributed by atoms with van der Waals surface area (Å²) in [7, 11) is 3.53. The fourth-order valence-electron chi connectivity index (χ4n) is 3.12. The number of hydrogen-bond acceptors (Lipinski definition) is 5. The van der Waals surface area contributed by atoms with Crippen LogP contribution in [-0.2, 0) is 16.6 Å². The molecule has 1 aliphatic rings. The number of carbonyl (C=O) groups is 2. The van der Waals surface area contributed by atoms with Gasteiger partial charge in [0.05, 0.1) is 28.8 Å². The Labute approximate surface area is 167 Å². The first-order chi connectivity index (χ1) is 13.1. The van der Waals surface area contributed by atoms with E-state index >= 15 is 0 Å². The Morgan fingerprint density at radius 3 is 2.63 bits per heavy atom. The molecule has 0 radical (unpaired) electrons. The van der Waals surface area contributed by atoms with Crippen LogP contribution < -0.4 is 9.54 Å². The van der Waals surface area contributed by atoms with Gasteiger partial charge in [-0.25, -0.2) is 0 Å². The van der Waals surface area contributed by atoms with Crippen molar-refractivity contribution in [2.75, 3.05) is 31.7 Å². The van der Waals surface area contributed by atoms with Gasteiger partial charge in [-0.1, -0.05) is 24.2 Å². The standard InChI is InChI=1S/C19H25N3O3S2/c1-21-15-8-7-14(25-2)11-16(15)27-19(21)20-17(23)12-26-13-18(24)22-9-5-3-4-6-10-22/h7-8,11H,3-6,9-10,12-13H2,1-2H3. The molecule has 0 spiro atoms. The highest BCUT2D eigenvalue weighted by Gasteiger charge is 2.15. The molecule has 0 aliphatic carbocycles. The second kappa shape index (κ2) is 9.41. The number of nitrogens with zero attached hydrogens (tertiary/aromatic N) is 3. The van der Waals surface area contributed by atoms with Crippen LogP contribution >= 0.6 is 23.1 Å². The predicted molar refractivity (Wildman–Crippen MR) is 110 cm³/mol. The zero-order valence-electron chi connectivity index (χ0n) is 15.8. The van der Waals surface area contributed by atoms with Crippen molar-refractivity contribution in [3.05, 3.63) is 23.0 Å². The molecule has 27 heavy (non-hydrogen) atoms. The molecule has 3 rings (SSSR count). The van der Waals surface area contributed by atoms with Crippen LogP contribution in [0, 0.1) is 0 Å². The Balaban J connectivity index is 1.59. The average Bonchev–Trinajstić information content (AvgIpc) is 2.84. The second-order valence-electron chi connectivity index (χ2n) is 6.57. The highest BCUT2D eigenvalue weighted by molar-refractivity contribution is 8.00. The maximum Gasteiger partial charge on any atom is 0.258 e. The molecule has 0 unspecified atom stereocenters. The number of amides is 2. The first kappa shape index (κ1) is 19.9. The summed E-state index contributed by atoms with van der Waals surface area (Å²) in [6, 6.07) is 5.80. The molecule has 6 nitrogen and oxygen atoms in total. The molecule has 0 bridgehead atoms. The van der Waals surface area contributed by atoms with Crippen molar-refractivity contribution in [2.45, 2.75) is 25.7 Å². The molecule has 8 heteroatoms. The van der Waals surface area contributed by atoms with Crippen LogP contribution in [-0.4, -0.2) is 53.0 Å². The fraction of sp³-hybridized carbons (Fsp3) is 0.526. The summed E-state index contributed by atoms with van der Waals surface area (Å²) in [5, 5.41) is 0. The number of carbonyl (C=O) groups excluding carboxylic acids is 2. The number of ether oxygens (including phenoxy) is 1. The topological polar surface area (TPSA) is 63.9 Å². The summed E-state index contributed by atoms with van der Waals surface area (Å²) in [5.41, 5.74) is 1.01. The van der Waals surface area contributed by atoms with E-state index in [9.17, 15) is 9.59 Å². The third-order valence-corrected chi connectivity index (χ3v) is 6.64. The third kappa shape index (κ3) is 5.13. The van der Waals surface area contributed by atoms with Gasteiger partial charge in [-0.05, 0) is 31.0 Å². The molecule has 2 amide bonds. The number of hydrogen-bond donors (Lipinski definition) is 0. The Morgan fingerprint density at radius 2 is 1.93 bits per heavy atom. The Morgan fingerprint density at radius 1 is 1.19 bits per heavy atom. The van der Waals surface area contributed by atoms with Gasteiger partial charge in [0.2, 0.25) is 5.91 Å². The van der Waals surface area contributed by atoms with E-state index < -0.39 is 0 Å². The first-order valence-corrected chi connectivity index (χ1v) is 11.1. The molecule has 2 heterocycles. The molecule has 1 aromatic carbocycles. The molecule has 2 aromatic rings. The van der Waals surface area contributed by atoms with Crippen molar-refractivity contribution >= 4 is 45.1 Å². The van der Waals surface area contributed by atoms with E-state index in [1.807, 2.05) is 34.7 Å². The van der Waals surface area contributed by atoms with Crippen LogP contribution in [0.5, 0.6) is 5.75 Å². The van der Waals surface area contributed by atoms with Gasteiger partial charge in [-0.3, -0.25) is 9.59 Å². The van der Waals surface area contributed by atoms with Crippen molar-refractivity contribution in [2.24, 2.45) is 12.0 Å². The molecule has 1 aromatic heterocycles.